The highest BCUT2D eigenvalue weighted by molar-refractivity contribution is 7.18. The maximum Gasteiger partial charge on any atom is 0.573 e. The molecule has 4 atom stereocenters. The number of alkyl halides is 3. The summed E-state index contributed by atoms with van der Waals surface area (Å²) in [5.74, 6) is -0.621. The van der Waals surface area contributed by atoms with E-state index in [0.29, 0.717) is 34.5 Å². The maximum atomic E-state index is 12.4. The van der Waals surface area contributed by atoms with Crippen LogP contribution >= 0.6 is 11.3 Å². The average molecular weight is 478 g/mol. The molecule has 0 bridgehead atoms. The van der Waals surface area contributed by atoms with Crippen LogP contribution in [0.3, 0.4) is 0 Å². The summed E-state index contributed by atoms with van der Waals surface area (Å²) in [6.45, 7) is 1.48. The molecule has 1 aromatic heterocycles. The number of carbonyl (C=O) groups excluding carboxylic acids is 1. The van der Waals surface area contributed by atoms with Gasteiger partial charge in [-0.1, -0.05) is 6.92 Å². The molecule has 5 N–H and O–H groups in total. The summed E-state index contributed by atoms with van der Waals surface area (Å²) >= 11 is 1.34. The molecule has 8 nitrogen and oxygen atoms in total. The second-order valence-corrected chi connectivity index (χ2v) is 8.92. The van der Waals surface area contributed by atoms with Crippen molar-refractivity contribution in [3.8, 4) is 5.75 Å². The summed E-state index contributed by atoms with van der Waals surface area (Å²) in [5, 5.41) is 36.9. The van der Waals surface area contributed by atoms with Crippen molar-refractivity contribution in [1.82, 2.24) is 15.6 Å². The zero-order chi connectivity index (χ0) is 23.5. The van der Waals surface area contributed by atoms with E-state index in [-0.39, 0.29) is 31.2 Å². The van der Waals surface area contributed by atoms with Gasteiger partial charge in [0.2, 0.25) is 5.91 Å². The predicted molar refractivity (Wildman–Crippen MR) is 111 cm³/mol. The van der Waals surface area contributed by atoms with Crippen LogP contribution < -0.4 is 15.4 Å². The normalized spacial score (nSPS) is 26.3. The number of amides is 1. The Kier molecular flexibility index (Phi) is 7.61. The smallest absolute Gasteiger partial charge is 0.406 e. The molecule has 1 fully saturated rings. The van der Waals surface area contributed by atoms with Crippen molar-refractivity contribution in [3.05, 3.63) is 23.2 Å². The molecule has 0 saturated carbocycles. The Labute approximate surface area is 186 Å². The topological polar surface area (TPSA) is 124 Å². The standard InChI is InChI=1S/C20H26F3N3O5S/c1-2-15(28)26-19(10-24-13(9-27)17(29)18(19)30)7-3-4-16-25-12-8-11(31-20(21,22)23)5-6-14(12)32-16/h5-6,8,13,17-18,24,27,29-30H,2-4,7,9-10H2,1H3,(H,26,28)/t13-,17-,18+,19+/m1/s1. The quantitative estimate of drug-likeness (QED) is 0.390. The Hall–Kier alpha value is -1.99. The van der Waals surface area contributed by atoms with Gasteiger partial charge in [0.15, 0.2) is 0 Å². The number of piperidine rings is 1. The van der Waals surface area contributed by atoms with Crippen molar-refractivity contribution in [3.63, 3.8) is 0 Å². The van der Waals surface area contributed by atoms with Crippen LogP contribution in [0.2, 0.25) is 0 Å². The van der Waals surface area contributed by atoms with E-state index < -0.39 is 30.2 Å². The number of nitrogens with zero attached hydrogens (tertiary/aromatic N) is 1. The molecular formula is C20H26F3N3O5S. The minimum atomic E-state index is -4.78. The van der Waals surface area contributed by atoms with E-state index in [0.717, 1.165) is 0 Å². The van der Waals surface area contributed by atoms with E-state index >= 15 is 0 Å². The lowest BCUT2D eigenvalue weighted by Crippen LogP contribution is -2.73. The number of aliphatic hydroxyl groups excluding tert-OH is 3. The van der Waals surface area contributed by atoms with Crippen LogP contribution in [0.4, 0.5) is 13.2 Å². The van der Waals surface area contributed by atoms with Gasteiger partial charge in [-0.15, -0.1) is 24.5 Å². The predicted octanol–water partition coefficient (Wildman–Crippen LogP) is 1.47. The number of carbonyl (C=O) groups is 1. The minimum Gasteiger partial charge on any atom is -0.406 e. The van der Waals surface area contributed by atoms with E-state index in [1.54, 1.807) is 6.92 Å². The van der Waals surface area contributed by atoms with Crippen LogP contribution in [-0.2, 0) is 11.2 Å². The number of halogens is 3. The molecule has 0 radical (unpaired) electrons. The fourth-order valence-corrected chi connectivity index (χ4v) is 4.84. The molecule has 1 amide bonds. The van der Waals surface area contributed by atoms with Gasteiger partial charge in [0, 0.05) is 19.0 Å². The maximum absolute atomic E-state index is 12.4. The Morgan fingerprint density at radius 3 is 2.81 bits per heavy atom. The fraction of sp³-hybridized carbons (Fsp3) is 0.600. The van der Waals surface area contributed by atoms with Crippen molar-refractivity contribution < 1.29 is 38.0 Å². The van der Waals surface area contributed by atoms with E-state index in [9.17, 15) is 33.3 Å². The van der Waals surface area contributed by atoms with Gasteiger partial charge < -0.3 is 30.7 Å². The second-order valence-electron chi connectivity index (χ2n) is 7.80. The third-order valence-corrected chi connectivity index (χ3v) is 6.63. The first kappa shape index (κ1) is 24.6. The molecular weight excluding hydrogens is 451 g/mol. The van der Waals surface area contributed by atoms with E-state index in [1.807, 2.05) is 0 Å². The number of benzene rings is 1. The van der Waals surface area contributed by atoms with Crippen molar-refractivity contribution in [2.75, 3.05) is 13.2 Å². The largest absolute Gasteiger partial charge is 0.573 e. The monoisotopic (exact) mass is 477 g/mol. The average Bonchev–Trinajstić information content (AvgIpc) is 3.12. The number of hydrogen-bond acceptors (Lipinski definition) is 8. The summed E-state index contributed by atoms with van der Waals surface area (Å²) in [4.78, 5) is 16.5. The van der Waals surface area contributed by atoms with E-state index in [4.69, 9.17) is 0 Å². The first-order valence-corrected chi connectivity index (χ1v) is 11.0. The van der Waals surface area contributed by atoms with Gasteiger partial charge in [0.25, 0.3) is 0 Å². The van der Waals surface area contributed by atoms with Gasteiger partial charge in [0.1, 0.15) is 11.9 Å². The van der Waals surface area contributed by atoms with Crippen LogP contribution in [0.25, 0.3) is 10.2 Å². The highest BCUT2D eigenvalue weighted by Gasteiger charge is 2.48. The number of fused-ring (bicyclic) bond motifs is 1. The zero-order valence-corrected chi connectivity index (χ0v) is 18.2. The van der Waals surface area contributed by atoms with E-state index in [1.165, 1.54) is 29.5 Å². The van der Waals surface area contributed by atoms with Gasteiger partial charge in [-0.2, -0.15) is 0 Å². The molecule has 3 rings (SSSR count). The van der Waals surface area contributed by atoms with Crippen LogP contribution in [0.1, 0.15) is 31.2 Å². The number of rotatable bonds is 8. The summed E-state index contributed by atoms with van der Waals surface area (Å²) in [6.07, 6.45) is -5.85. The molecule has 0 unspecified atom stereocenters. The Bertz CT molecular complexity index is 941. The Morgan fingerprint density at radius 1 is 1.41 bits per heavy atom. The van der Waals surface area contributed by atoms with Gasteiger partial charge in [0.05, 0.1) is 39.5 Å². The molecule has 0 spiro atoms. The van der Waals surface area contributed by atoms with E-state index in [2.05, 4.69) is 20.4 Å². The minimum absolute atomic E-state index is 0.167. The number of nitrogens with one attached hydrogen (secondary N) is 2. The first-order chi connectivity index (χ1) is 15.1. The number of aliphatic hydroxyl groups is 3. The van der Waals surface area contributed by atoms with Gasteiger partial charge in [-0.05, 0) is 31.4 Å². The highest BCUT2D eigenvalue weighted by atomic mass is 32.1. The number of aromatic nitrogens is 1. The Balaban J connectivity index is 1.70. The molecule has 2 heterocycles. The SMILES string of the molecule is CCC(=O)N[C@@]1(CCCc2nc3cc(OC(F)(F)F)ccc3s2)CN[C@H](CO)[C@@H](O)[C@@H]1O. The summed E-state index contributed by atoms with van der Waals surface area (Å²) in [7, 11) is 0. The summed E-state index contributed by atoms with van der Waals surface area (Å²) in [6, 6.07) is 3.28. The van der Waals surface area contributed by atoms with Crippen molar-refractivity contribution in [2.24, 2.45) is 0 Å². The molecule has 32 heavy (non-hydrogen) atoms. The highest BCUT2D eigenvalue weighted by Crippen LogP contribution is 2.31. The summed E-state index contributed by atoms with van der Waals surface area (Å²) < 4.78 is 41.9. The molecule has 1 aliphatic rings. The molecule has 1 saturated heterocycles. The van der Waals surface area contributed by atoms with Gasteiger partial charge in [-0.25, -0.2) is 4.98 Å². The zero-order valence-electron chi connectivity index (χ0n) is 17.4. The lowest BCUT2D eigenvalue weighted by Gasteiger charge is -2.47. The molecule has 1 aliphatic heterocycles. The molecule has 1 aromatic carbocycles. The molecule has 178 valence electrons. The molecule has 2 aromatic rings. The van der Waals surface area contributed by atoms with Crippen molar-refractivity contribution >= 4 is 27.5 Å². The number of hydrogen-bond donors (Lipinski definition) is 5. The van der Waals surface area contributed by atoms with Crippen LogP contribution in [0, 0.1) is 0 Å². The summed E-state index contributed by atoms with van der Waals surface area (Å²) in [5.41, 5.74) is -0.732. The second kappa shape index (κ2) is 9.87. The van der Waals surface area contributed by atoms with Crippen LogP contribution in [-0.4, -0.2) is 69.5 Å². The molecule has 0 aliphatic carbocycles. The number of ether oxygens (including phenoxy) is 1. The third kappa shape index (κ3) is 5.67. The third-order valence-electron chi connectivity index (χ3n) is 5.54. The van der Waals surface area contributed by atoms with Gasteiger partial charge >= 0.3 is 6.36 Å². The van der Waals surface area contributed by atoms with Crippen LogP contribution in [0.15, 0.2) is 18.2 Å². The number of aryl methyl sites for hydroxylation is 1. The lowest BCUT2D eigenvalue weighted by molar-refractivity contribution is -0.274. The fourth-order valence-electron chi connectivity index (χ4n) is 3.86. The molecule has 12 heteroatoms. The van der Waals surface area contributed by atoms with Crippen molar-refractivity contribution in [2.45, 2.75) is 62.8 Å². The van der Waals surface area contributed by atoms with Gasteiger partial charge in [-0.3, -0.25) is 4.79 Å². The number of thiazole rings is 1. The lowest BCUT2D eigenvalue weighted by atomic mass is 9.78. The van der Waals surface area contributed by atoms with Crippen LogP contribution in [0.5, 0.6) is 5.75 Å². The first-order valence-electron chi connectivity index (χ1n) is 10.2. The Morgan fingerprint density at radius 2 is 2.16 bits per heavy atom. The van der Waals surface area contributed by atoms with Crippen molar-refractivity contribution in [1.29, 1.82) is 0 Å².